The minimum Gasteiger partial charge on any atom is -0.495 e. The summed E-state index contributed by atoms with van der Waals surface area (Å²) in [6, 6.07) is 5.01. The van der Waals surface area contributed by atoms with Crippen molar-refractivity contribution in [3.05, 3.63) is 23.2 Å². The Kier molecular flexibility index (Phi) is 9.63. The molecule has 2 amide bonds. The van der Waals surface area contributed by atoms with Gasteiger partial charge in [0.2, 0.25) is 11.8 Å². The Balaban J connectivity index is 0.00000312. The van der Waals surface area contributed by atoms with Crippen molar-refractivity contribution in [2.24, 2.45) is 5.92 Å². The van der Waals surface area contributed by atoms with Gasteiger partial charge in [0.05, 0.1) is 12.8 Å². The molecule has 1 unspecified atom stereocenters. The van der Waals surface area contributed by atoms with E-state index in [4.69, 9.17) is 16.3 Å². The first-order valence-corrected chi connectivity index (χ1v) is 8.57. The summed E-state index contributed by atoms with van der Waals surface area (Å²) in [4.78, 5) is 23.8. The van der Waals surface area contributed by atoms with Crippen LogP contribution in [0.25, 0.3) is 0 Å². The molecule has 3 N–H and O–H groups in total. The van der Waals surface area contributed by atoms with E-state index in [-0.39, 0.29) is 30.6 Å². The third kappa shape index (κ3) is 7.50. The van der Waals surface area contributed by atoms with Crippen LogP contribution in [-0.2, 0) is 9.59 Å². The van der Waals surface area contributed by atoms with Crippen molar-refractivity contribution in [1.29, 1.82) is 0 Å². The number of hydrogen-bond acceptors (Lipinski definition) is 4. The molecule has 1 aromatic carbocycles. The van der Waals surface area contributed by atoms with E-state index in [1.54, 1.807) is 18.2 Å². The molecule has 0 spiro atoms. The average Bonchev–Trinajstić information content (AvgIpc) is 3.06. The van der Waals surface area contributed by atoms with Gasteiger partial charge in [-0.05, 0) is 50.0 Å². The van der Waals surface area contributed by atoms with E-state index in [1.165, 1.54) is 7.11 Å². The van der Waals surface area contributed by atoms with Crippen LogP contribution in [0, 0.1) is 5.92 Å². The molecular formula is C17H25Cl2N3O3. The summed E-state index contributed by atoms with van der Waals surface area (Å²) in [6.07, 6.45) is 2.74. The zero-order valence-corrected chi connectivity index (χ0v) is 15.8. The van der Waals surface area contributed by atoms with Gasteiger partial charge < -0.3 is 20.7 Å². The molecule has 1 aliphatic heterocycles. The first-order chi connectivity index (χ1) is 11.6. The zero-order chi connectivity index (χ0) is 17.4. The van der Waals surface area contributed by atoms with Crippen LogP contribution in [0.15, 0.2) is 18.2 Å². The number of ether oxygens (including phenoxy) is 1. The lowest BCUT2D eigenvalue weighted by atomic mass is 10.0. The van der Waals surface area contributed by atoms with Gasteiger partial charge in [-0.3, -0.25) is 9.59 Å². The lowest BCUT2D eigenvalue weighted by Crippen LogP contribution is -2.28. The average molecular weight is 390 g/mol. The minimum absolute atomic E-state index is 0. The second-order valence-corrected chi connectivity index (χ2v) is 6.33. The molecule has 8 heteroatoms. The highest BCUT2D eigenvalue weighted by Gasteiger charge is 2.15. The Hall–Kier alpha value is -1.50. The molecule has 6 nitrogen and oxygen atoms in total. The molecule has 1 aromatic rings. The molecule has 2 rings (SSSR count). The van der Waals surface area contributed by atoms with E-state index < -0.39 is 0 Å². The zero-order valence-electron chi connectivity index (χ0n) is 14.3. The number of anilines is 1. The standard InChI is InChI=1S/C17H24ClN3O3.ClH/c1-24-15-4-3-13(18)10-14(15)21-17(23)7-9-20-16(22)5-2-12-6-8-19-11-12;/h3-4,10,12,19H,2,5-9,11H2,1H3,(H,20,22)(H,21,23);1H. The molecule has 1 aliphatic rings. The molecule has 0 aromatic heterocycles. The molecule has 0 saturated carbocycles. The maximum Gasteiger partial charge on any atom is 0.226 e. The van der Waals surface area contributed by atoms with Gasteiger partial charge in [-0.25, -0.2) is 0 Å². The highest BCUT2D eigenvalue weighted by Crippen LogP contribution is 2.27. The predicted octanol–water partition coefficient (Wildman–Crippen LogP) is 2.60. The van der Waals surface area contributed by atoms with Gasteiger partial charge in [-0.2, -0.15) is 0 Å². The number of nitrogens with one attached hydrogen (secondary N) is 3. The Labute approximate surface area is 159 Å². The molecule has 1 atom stereocenters. The fourth-order valence-electron chi connectivity index (χ4n) is 2.69. The van der Waals surface area contributed by atoms with Crippen molar-refractivity contribution >= 4 is 41.5 Å². The smallest absolute Gasteiger partial charge is 0.226 e. The van der Waals surface area contributed by atoms with Crippen LogP contribution in [0.5, 0.6) is 5.75 Å². The van der Waals surface area contributed by atoms with Crippen molar-refractivity contribution in [3.63, 3.8) is 0 Å². The SMILES string of the molecule is COc1ccc(Cl)cc1NC(=O)CCNC(=O)CCC1CCNC1.Cl. The topological polar surface area (TPSA) is 79.5 Å². The minimum atomic E-state index is -0.198. The highest BCUT2D eigenvalue weighted by molar-refractivity contribution is 6.31. The number of carbonyl (C=O) groups is 2. The van der Waals surface area contributed by atoms with Gasteiger partial charge in [0.1, 0.15) is 5.75 Å². The molecule has 0 bridgehead atoms. The van der Waals surface area contributed by atoms with Crippen LogP contribution in [0.4, 0.5) is 5.69 Å². The molecule has 0 radical (unpaired) electrons. The van der Waals surface area contributed by atoms with Crippen LogP contribution in [0.3, 0.4) is 0 Å². The molecule has 0 aliphatic carbocycles. The van der Waals surface area contributed by atoms with Gasteiger partial charge in [0, 0.05) is 24.4 Å². The van der Waals surface area contributed by atoms with Crippen molar-refractivity contribution in [2.45, 2.75) is 25.7 Å². The quantitative estimate of drug-likeness (QED) is 0.638. The van der Waals surface area contributed by atoms with E-state index in [0.29, 0.717) is 35.3 Å². The predicted molar refractivity (Wildman–Crippen MR) is 102 cm³/mol. The number of benzene rings is 1. The maximum atomic E-state index is 12.0. The van der Waals surface area contributed by atoms with E-state index in [9.17, 15) is 9.59 Å². The number of rotatable bonds is 8. The van der Waals surface area contributed by atoms with Crippen LogP contribution < -0.4 is 20.7 Å². The lowest BCUT2D eigenvalue weighted by Gasteiger charge is -2.11. The number of carbonyl (C=O) groups excluding carboxylic acids is 2. The monoisotopic (exact) mass is 389 g/mol. The van der Waals surface area contributed by atoms with Crippen molar-refractivity contribution in [2.75, 3.05) is 32.1 Å². The van der Waals surface area contributed by atoms with E-state index in [2.05, 4.69) is 16.0 Å². The van der Waals surface area contributed by atoms with Gasteiger partial charge in [-0.15, -0.1) is 12.4 Å². The van der Waals surface area contributed by atoms with Gasteiger partial charge in [0.25, 0.3) is 0 Å². The number of amides is 2. The Morgan fingerprint density at radius 1 is 1.32 bits per heavy atom. The highest BCUT2D eigenvalue weighted by atomic mass is 35.5. The first kappa shape index (κ1) is 21.5. The fraction of sp³-hybridized carbons (Fsp3) is 0.529. The third-order valence-electron chi connectivity index (χ3n) is 4.05. The largest absolute Gasteiger partial charge is 0.495 e. The third-order valence-corrected chi connectivity index (χ3v) is 4.29. The summed E-state index contributed by atoms with van der Waals surface area (Å²) in [5.41, 5.74) is 0.523. The Bertz CT molecular complexity index is 578. The summed E-state index contributed by atoms with van der Waals surface area (Å²) < 4.78 is 5.18. The summed E-state index contributed by atoms with van der Waals surface area (Å²) in [6.45, 7) is 2.35. The normalized spacial score (nSPS) is 16.0. The van der Waals surface area contributed by atoms with Crippen molar-refractivity contribution < 1.29 is 14.3 Å². The van der Waals surface area contributed by atoms with Crippen molar-refractivity contribution in [3.8, 4) is 5.75 Å². The Morgan fingerprint density at radius 3 is 2.80 bits per heavy atom. The lowest BCUT2D eigenvalue weighted by molar-refractivity contribution is -0.121. The molecule has 140 valence electrons. The summed E-state index contributed by atoms with van der Waals surface area (Å²) >= 11 is 5.92. The van der Waals surface area contributed by atoms with Crippen LogP contribution in [0.1, 0.15) is 25.7 Å². The summed E-state index contributed by atoms with van der Waals surface area (Å²) in [5, 5.41) is 9.33. The number of methoxy groups -OCH3 is 1. The van der Waals surface area contributed by atoms with E-state index >= 15 is 0 Å². The fourth-order valence-corrected chi connectivity index (χ4v) is 2.86. The number of halogens is 2. The van der Waals surface area contributed by atoms with Crippen LogP contribution >= 0.6 is 24.0 Å². The second-order valence-electron chi connectivity index (χ2n) is 5.89. The molecule has 1 saturated heterocycles. The van der Waals surface area contributed by atoms with Gasteiger partial charge in [0.15, 0.2) is 0 Å². The Morgan fingerprint density at radius 2 is 2.12 bits per heavy atom. The molecule has 25 heavy (non-hydrogen) atoms. The molecular weight excluding hydrogens is 365 g/mol. The van der Waals surface area contributed by atoms with Crippen molar-refractivity contribution in [1.82, 2.24) is 10.6 Å². The maximum absolute atomic E-state index is 12.0. The summed E-state index contributed by atoms with van der Waals surface area (Å²) in [5.74, 6) is 0.933. The van der Waals surface area contributed by atoms with Crippen LogP contribution in [-0.4, -0.2) is 38.6 Å². The van der Waals surface area contributed by atoms with Gasteiger partial charge >= 0.3 is 0 Å². The van der Waals surface area contributed by atoms with E-state index in [1.807, 2.05) is 0 Å². The van der Waals surface area contributed by atoms with Crippen LogP contribution in [0.2, 0.25) is 5.02 Å². The van der Waals surface area contributed by atoms with E-state index in [0.717, 1.165) is 25.9 Å². The summed E-state index contributed by atoms with van der Waals surface area (Å²) in [7, 11) is 1.53. The number of hydrogen-bond donors (Lipinski definition) is 3. The van der Waals surface area contributed by atoms with Gasteiger partial charge in [-0.1, -0.05) is 11.6 Å². The second kappa shape index (κ2) is 11.2. The first-order valence-electron chi connectivity index (χ1n) is 8.19. The molecule has 1 heterocycles. The molecule has 1 fully saturated rings.